The average Bonchev–Trinajstić information content (AvgIpc) is 2.99. The van der Waals surface area contributed by atoms with E-state index in [1.54, 1.807) is 0 Å². The Labute approximate surface area is 110 Å². The predicted octanol–water partition coefficient (Wildman–Crippen LogP) is 1.07. The van der Waals surface area contributed by atoms with E-state index >= 15 is 0 Å². The maximum absolute atomic E-state index is 11.9. The number of sulfonamides is 1. The van der Waals surface area contributed by atoms with Gasteiger partial charge in [0.15, 0.2) is 0 Å². The molecule has 1 aromatic carbocycles. The Bertz CT molecular complexity index is 564. The predicted molar refractivity (Wildman–Crippen MR) is 67.7 cm³/mol. The number of nitrogens with two attached hydrogens (primary N) is 1. The van der Waals surface area contributed by atoms with Crippen molar-refractivity contribution in [3.63, 3.8) is 0 Å². The van der Waals surface area contributed by atoms with Gasteiger partial charge in [-0.25, -0.2) is 17.9 Å². The lowest BCUT2D eigenvalue weighted by Crippen LogP contribution is -2.40. The van der Waals surface area contributed by atoms with Crippen molar-refractivity contribution >= 4 is 33.3 Å². The van der Waals surface area contributed by atoms with Crippen molar-refractivity contribution in [1.82, 2.24) is 10.0 Å². The Balaban J connectivity index is 2.21. The van der Waals surface area contributed by atoms with Crippen LogP contribution < -0.4 is 15.8 Å². The maximum atomic E-state index is 11.9. The largest absolute Gasteiger partial charge is 0.398 e. The molecular formula is C10H12ClN3O3S. The van der Waals surface area contributed by atoms with Gasteiger partial charge in [-0.05, 0) is 25.0 Å². The summed E-state index contributed by atoms with van der Waals surface area (Å²) in [7, 11) is -4.06. The highest BCUT2D eigenvalue weighted by molar-refractivity contribution is 7.90. The Morgan fingerprint density at radius 1 is 1.39 bits per heavy atom. The third kappa shape index (κ3) is 2.85. The standard InChI is InChI=1S/C10H12ClN3O3S/c11-7-2-1-3-8(12)9(7)18(16,17)14-10(15)13-6-4-5-6/h1-3,6H,4-5,12H2,(H2,13,14,15). The zero-order chi connectivity index (χ0) is 13.3. The second-order valence-electron chi connectivity index (χ2n) is 4.01. The minimum Gasteiger partial charge on any atom is -0.398 e. The summed E-state index contributed by atoms with van der Waals surface area (Å²) < 4.78 is 25.8. The van der Waals surface area contributed by atoms with Gasteiger partial charge in [0.05, 0.1) is 10.7 Å². The number of carbonyl (C=O) groups is 1. The summed E-state index contributed by atoms with van der Waals surface area (Å²) in [6.45, 7) is 0. The maximum Gasteiger partial charge on any atom is 0.328 e. The molecule has 1 fully saturated rings. The number of rotatable bonds is 3. The highest BCUT2D eigenvalue weighted by Crippen LogP contribution is 2.26. The Hall–Kier alpha value is -1.47. The molecule has 0 radical (unpaired) electrons. The molecule has 0 bridgehead atoms. The molecule has 18 heavy (non-hydrogen) atoms. The molecule has 0 aliphatic heterocycles. The lowest BCUT2D eigenvalue weighted by molar-refractivity contribution is 0.245. The van der Waals surface area contributed by atoms with E-state index in [1.165, 1.54) is 18.2 Å². The number of amides is 2. The molecule has 0 spiro atoms. The molecule has 2 rings (SSSR count). The average molecular weight is 290 g/mol. The summed E-state index contributed by atoms with van der Waals surface area (Å²) in [6, 6.07) is 3.62. The molecule has 0 atom stereocenters. The number of halogens is 1. The van der Waals surface area contributed by atoms with Gasteiger partial charge in [-0.3, -0.25) is 0 Å². The zero-order valence-electron chi connectivity index (χ0n) is 9.31. The third-order valence-electron chi connectivity index (χ3n) is 2.41. The summed E-state index contributed by atoms with van der Waals surface area (Å²) >= 11 is 5.78. The van der Waals surface area contributed by atoms with Gasteiger partial charge in [0, 0.05) is 6.04 Å². The van der Waals surface area contributed by atoms with E-state index in [-0.39, 0.29) is 21.6 Å². The van der Waals surface area contributed by atoms with E-state index in [0.29, 0.717) is 0 Å². The van der Waals surface area contributed by atoms with E-state index in [1.807, 2.05) is 4.72 Å². The molecule has 4 N–H and O–H groups in total. The van der Waals surface area contributed by atoms with E-state index < -0.39 is 16.1 Å². The lowest BCUT2D eigenvalue weighted by atomic mass is 10.3. The van der Waals surface area contributed by atoms with Crippen LogP contribution in [0.25, 0.3) is 0 Å². The molecule has 0 heterocycles. The van der Waals surface area contributed by atoms with E-state index in [4.69, 9.17) is 17.3 Å². The van der Waals surface area contributed by atoms with Crippen molar-refractivity contribution in [1.29, 1.82) is 0 Å². The molecular weight excluding hydrogens is 278 g/mol. The normalized spacial score (nSPS) is 15.2. The SMILES string of the molecule is Nc1cccc(Cl)c1S(=O)(=O)NC(=O)NC1CC1. The van der Waals surface area contributed by atoms with Gasteiger partial charge >= 0.3 is 6.03 Å². The fourth-order valence-electron chi connectivity index (χ4n) is 1.42. The van der Waals surface area contributed by atoms with Crippen molar-refractivity contribution in [2.24, 2.45) is 0 Å². The summed E-state index contributed by atoms with van der Waals surface area (Å²) in [5.74, 6) is 0. The third-order valence-corrected chi connectivity index (χ3v) is 4.28. The van der Waals surface area contributed by atoms with Crippen LogP contribution in [0.4, 0.5) is 10.5 Å². The van der Waals surface area contributed by atoms with E-state index in [9.17, 15) is 13.2 Å². The highest BCUT2D eigenvalue weighted by Gasteiger charge is 2.27. The molecule has 0 unspecified atom stereocenters. The molecule has 0 aromatic heterocycles. The van der Waals surface area contributed by atoms with Crippen molar-refractivity contribution < 1.29 is 13.2 Å². The molecule has 2 amide bonds. The minimum absolute atomic E-state index is 0.00535. The van der Waals surface area contributed by atoms with Crippen LogP contribution in [0.15, 0.2) is 23.1 Å². The molecule has 8 heteroatoms. The van der Waals surface area contributed by atoms with Gasteiger partial charge in [-0.1, -0.05) is 17.7 Å². The van der Waals surface area contributed by atoms with Gasteiger partial charge in [0.1, 0.15) is 4.90 Å². The van der Waals surface area contributed by atoms with Gasteiger partial charge in [0.25, 0.3) is 10.0 Å². The number of anilines is 1. The van der Waals surface area contributed by atoms with Gasteiger partial charge < -0.3 is 11.1 Å². The van der Waals surface area contributed by atoms with Crippen molar-refractivity contribution in [3.05, 3.63) is 23.2 Å². The lowest BCUT2D eigenvalue weighted by Gasteiger charge is -2.11. The number of urea groups is 1. The first-order chi connectivity index (χ1) is 8.40. The Kier molecular flexibility index (Phi) is 3.36. The number of hydrogen-bond donors (Lipinski definition) is 3. The monoisotopic (exact) mass is 289 g/mol. The highest BCUT2D eigenvalue weighted by atomic mass is 35.5. The van der Waals surface area contributed by atoms with Gasteiger partial charge in [-0.2, -0.15) is 0 Å². The zero-order valence-corrected chi connectivity index (χ0v) is 10.9. The van der Waals surface area contributed by atoms with E-state index in [0.717, 1.165) is 12.8 Å². The Morgan fingerprint density at radius 2 is 2.06 bits per heavy atom. The topological polar surface area (TPSA) is 101 Å². The fourth-order valence-corrected chi connectivity index (χ4v) is 3.02. The van der Waals surface area contributed by atoms with Crippen LogP contribution in [0.2, 0.25) is 5.02 Å². The molecule has 1 saturated carbocycles. The first-order valence-corrected chi connectivity index (χ1v) is 7.13. The van der Waals surface area contributed by atoms with Crippen LogP contribution in [0.5, 0.6) is 0 Å². The van der Waals surface area contributed by atoms with Crippen LogP contribution in [-0.2, 0) is 10.0 Å². The van der Waals surface area contributed by atoms with Crippen LogP contribution in [0, 0.1) is 0 Å². The van der Waals surface area contributed by atoms with Crippen LogP contribution in [0.1, 0.15) is 12.8 Å². The van der Waals surface area contributed by atoms with Crippen LogP contribution in [0.3, 0.4) is 0 Å². The second-order valence-corrected chi connectivity index (χ2v) is 6.04. The molecule has 1 aliphatic carbocycles. The van der Waals surface area contributed by atoms with Crippen LogP contribution >= 0.6 is 11.6 Å². The van der Waals surface area contributed by atoms with Gasteiger partial charge in [-0.15, -0.1) is 0 Å². The number of hydrogen-bond acceptors (Lipinski definition) is 4. The number of carbonyl (C=O) groups excluding carboxylic acids is 1. The molecule has 1 aromatic rings. The van der Waals surface area contributed by atoms with Crippen molar-refractivity contribution in [3.8, 4) is 0 Å². The molecule has 1 aliphatic rings. The Morgan fingerprint density at radius 3 is 2.61 bits per heavy atom. The second kappa shape index (κ2) is 4.66. The number of nitrogen functional groups attached to an aromatic ring is 1. The quantitative estimate of drug-likeness (QED) is 0.725. The number of benzene rings is 1. The van der Waals surface area contributed by atoms with Crippen molar-refractivity contribution in [2.75, 3.05) is 5.73 Å². The summed E-state index contributed by atoms with van der Waals surface area (Å²) in [5.41, 5.74) is 5.56. The molecule has 0 saturated heterocycles. The first kappa shape index (κ1) is 13.0. The molecule has 6 nitrogen and oxygen atoms in total. The fraction of sp³-hybridized carbons (Fsp3) is 0.300. The first-order valence-electron chi connectivity index (χ1n) is 5.27. The number of nitrogens with one attached hydrogen (secondary N) is 2. The van der Waals surface area contributed by atoms with Crippen molar-refractivity contribution in [2.45, 2.75) is 23.8 Å². The smallest absolute Gasteiger partial charge is 0.328 e. The summed E-state index contributed by atoms with van der Waals surface area (Å²) in [6.07, 6.45) is 1.73. The summed E-state index contributed by atoms with van der Waals surface area (Å²) in [4.78, 5) is 11.1. The molecule has 98 valence electrons. The van der Waals surface area contributed by atoms with E-state index in [2.05, 4.69) is 5.32 Å². The minimum atomic E-state index is -4.06. The van der Waals surface area contributed by atoms with Gasteiger partial charge in [0.2, 0.25) is 0 Å². The van der Waals surface area contributed by atoms with Crippen LogP contribution in [-0.4, -0.2) is 20.5 Å². The summed E-state index contributed by atoms with van der Waals surface area (Å²) in [5, 5.41) is 2.48.